The summed E-state index contributed by atoms with van der Waals surface area (Å²) in [5, 5.41) is 0. The van der Waals surface area contributed by atoms with Crippen molar-refractivity contribution in [3.63, 3.8) is 0 Å². The molecule has 0 spiro atoms. The largest absolute Gasteiger partial charge is 0.345 e. The van der Waals surface area contributed by atoms with E-state index in [0.29, 0.717) is 6.42 Å². The topological polar surface area (TPSA) is 18.5 Å². The minimum absolute atomic E-state index is 0.127. The van der Waals surface area contributed by atoms with Crippen LogP contribution >= 0.6 is 0 Å². The molecule has 1 aromatic carbocycles. The Morgan fingerprint density at radius 1 is 1.11 bits per heavy atom. The van der Waals surface area contributed by atoms with Crippen molar-refractivity contribution >= 4 is 0 Å². The molecule has 1 aliphatic heterocycles. The second kappa shape index (κ2) is 6.49. The van der Waals surface area contributed by atoms with Crippen molar-refractivity contribution in [2.75, 3.05) is 13.2 Å². The van der Waals surface area contributed by atoms with E-state index in [2.05, 4.69) is 19.1 Å². The van der Waals surface area contributed by atoms with Crippen molar-refractivity contribution < 1.29 is 13.9 Å². The highest BCUT2D eigenvalue weighted by atomic mass is 19.1. The first kappa shape index (κ1) is 14.5. The fourth-order valence-corrected chi connectivity index (χ4v) is 2.45. The summed E-state index contributed by atoms with van der Waals surface area (Å²) < 4.78 is 25.2. The summed E-state index contributed by atoms with van der Waals surface area (Å²) in [6.45, 7) is 4.39. The van der Waals surface area contributed by atoms with Gasteiger partial charge in [0.05, 0.1) is 13.2 Å². The van der Waals surface area contributed by atoms with Gasteiger partial charge in [0.2, 0.25) is 0 Å². The zero-order valence-electron chi connectivity index (χ0n) is 11.8. The average Bonchev–Trinajstić information content (AvgIpc) is 2.41. The standard InChI is InChI=1S/C16H23FO2/c1-3-5-13-6-8-14(9-7-13)15-18-11-16(17,10-4-2)12-19-15/h6-9,15H,3-5,10-12H2,1-2H3. The molecule has 0 amide bonds. The van der Waals surface area contributed by atoms with Crippen LogP contribution in [-0.2, 0) is 15.9 Å². The van der Waals surface area contributed by atoms with Gasteiger partial charge in [-0.25, -0.2) is 4.39 Å². The molecule has 2 rings (SSSR count). The summed E-state index contributed by atoms with van der Waals surface area (Å²) in [5.74, 6) is 0. The van der Waals surface area contributed by atoms with Crippen molar-refractivity contribution in [3.8, 4) is 0 Å². The highest BCUT2D eigenvalue weighted by Crippen LogP contribution is 2.31. The third-order valence-corrected chi connectivity index (χ3v) is 3.48. The number of rotatable bonds is 5. The second-order valence-electron chi connectivity index (χ2n) is 5.35. The van der Waals surface area contributed by atoms with Gasteiger partial charge in [0.1, 0.15) is 0 Å². The molecule has 0 bridgehead atoms. The third kappa shape index (κ3) is 3.77. The van der Waals surface area contributed by atoms with Crippen LogP contribution in [0.2, 0.25) is 0 Å². The van der Waals surface area contributed by atoms with Gasteiger partial charge in [-0.2, -0.15) is 0 Å². The molecule has 0 N–H and O–H groups in total. The molecule has 1 saturated heterocycles. The Hall–Kier alpha value is -0.930. The number of aryl methyl sites for hydroxylation is 1. The smallest absolute Gasteiger partial charge is 0.184 e. The van der Waals surface area contributed by atoms with Crippen LogP contribution in [0.25, 0.3) is 0 Å². The lowest BCUT2D eigenvalue weighted by Crippen LogP contribution is -2.41. The minimum Gasteiger partial charge on any atom is -0.345 e. The van der Waals surface area contributed by atoms with Gasteiger partial charge in [-0.1, -0.05) is 51.0 Å². The molecule has 3 heteroatoms. The van der Waals surface area contributed by atoms with E-state index >= 15 is 0 Å². The van der Waals surface area contributed by atoms with Crippen LogP contribution in [0.1, 0.15) is 50.5 Å². The molecule has 0 aromatic heterocycles. The predicted molar refractivity (Wildman–Crippen MR) is 73.8 cm³/mol. The van der Waals surface area contributed by atoms with Crippen LogP contribution in [-0.4, -0.2) is 18.9 Å². The molecule has 1 aliphatic rings. The predicted octanol–water partition coefficient (Wildman–Crippen LogP) is 4.19. The molecule has 2 nitrogen and oxygen atoms in total. The lowest BCUT2D eigenvalue weighted by Gasteiger charge is -2.34. The fraction of sp³-hybridized carbons (Fsp3) is 0.625. The summed E-state index contributed by atoms with van der Waals surface area (Å²) >= 11 is 0. The number of hydrogen-bond donors (Lipinski definition) is 0. The number of ether oxygens (including phenoxy) is 2. The van der Waals surface area contributed by atoms with Crippen LogP contribution in [0.4, 0.5) is 4.39 Å². The summed E-state index contributed by atoms with van der Waals surface area (Å²) in [5.41, 5.74) is 0.971. The van der Waals surface area contributed by atoms with Crippen LogP contribution in [0.15, 0.2) is 24.3 Å². The Bertz CT molecular complexity index is 380. The molecule has 1 fully saturated rings. The number of hydrogen-bond acceptors (Lipinski definition) is 2. The van der Waals surface area contributed by atoms with Gasteiger partial charge in [0, 0.05) is 5.56 Å². The van der Waals surface area contributed by atoms with Crippen molar-refractivity contribution in [2.24, 2.45) is 0 Å². The molecule has 106 valence electrons. The van der Waals surface area contributed by atoms with Crippen molar-refractivity contribution in [2.45, 2.75) is 51.5 Å². The van der Waals surface area contributed by atoms with Crippen LogP contribution in [0.3, 0.4) is 0 Å². The average molecular weight is 266 g/mol. The van der Waals surface area contributed by atoms with Gasteiger partial charge >= 0.3 is 0 Å². The maximum Gasteiger partial charge on any atom is 0.184 e. The highest BCUT2D eigenvalue weighted by Gasteiger charge is 2.36. The normalized spacial score (nSPS) is 27.4. The van der Waals surface area contributed by atoms with Gasteiger partial charge in [-0.05, 0) is 18.4 Å². The molecular formula is C16H23FO2. The summed E-state index contributed by atoms with van der Waals surface area (Å²) in [7, 11) is 0. The van der Waals surface area contributed by atoms with E-state index in [-0.39, 0.29) is 13.2 Å². The van der Waals surface area contributed by atoms with Gasteiger partial charge in [-0.3, -0.25) is 0 Å². The maximum atomic E-state index is 14.2. The first-order valence-corrected chi connectivity index (χ1v) is 7.18. The van der Waals surface area contributed by atoms with E-state index in [4.69, 9.17) is 9.47 Å². The van der Waals surface area contributed by atoms with E-state index in [1.807, 2.05) is 19.1 Å². The van der Waals surface area contributed by atoms with E-state index in [1.54, 1.807) is 0 Å². The Balaban J connectivity index is 1.93. The quantitative estimate of drug-likeness (QED) is 0.795. The van der Waals surface area contributed by atoms with Gasteiger partial charge in [-0.15, -0.1) is 0 Å². The molecule has 0 unspecified atom stereocenters. The molecule has 1 heterocycles. The zero-order valence-corrected chi connectivity index (χ0v) is 11.8. The number of alkyl halides is 1. The SMILES string of the molecule is CCCc1ccc(C2OCC(F)(CCC)CO2)cc1. The molecule has 0 atom stereocenters. The minimum atomic E-state index is -1.31. The van der Waals surface area contributed by atoms with E-state index in [1.165, 1.54) is 5.56 Å². The third-order valence-electron chi connectivity index (χ3n) is 3.48. The molecular weight excluding hydrogens is 243 g/mol. The first-order valence-electron chi connectivity index (χ1n) is 7.18. The van der Waals surface area contributed by atoms with Crippen LogP contribution < -0.4 is 0 Å². The zero-order chi connectivity index (χ0) is 13.7. The monoisotopic (exact) mass is 266 g/mol. The Morgan fingerprint density at radius 3 is 2.26 bits per heavy atom. The molecule has 19 heavy (non-hydrogen) atoms. The van der Waals surface area contributed by atoms with Gasteiger partial charge in [0.25, 0.3) is 0 Å². The maximum absolute atomic E-state index is 14.2. The van der Waals surface area contributed by atoms with Crippen LogP contribution in [0.5, 0.6) is 0 Å². The van der Waals surface area contributed by atoms with Gasteiger partial charge in [0.15, 0.2) is 12.0 Å². The lowest BCUT2D eigenvalue weighted by atomic mass is 10.0. The molecule has 1 aromatic rings. The number of halogens is 1. The van der Waals surface area contributed by atoms with E-state index in [0.717, 1.165) is 24.8 Å². The van der Waals surface area contributed by atoms with Crippen molar-refractivity contribution in [1.82, 2.24) is 0 Å². The lowest BCUT2D eigenvalue weighted by molar-refractivity contribution is -0.238. The molecule has 0 radical (unpaired) electrons. The summed E-state index contributed by atoms with van der Waals surface area (Å²) in [6, 6.07) is 8.21. The fourth-order valence-electron chi connectivity index (χ4n) is 2.45. The van der Waals surface area contributed by atoms with Crippen molar-refractivity contribution in [1.29, 1.82) is 0 Å². The van der Waals surface area contributed by atoms with Gasteiger partial charge < -0.3 is 9.47 Å². The number of benzene rings is 1. The summed E-state index contributed by atoms with van der Waals surface area (Å²) in [4.78, 5) is 0. The Morgan fingerprint density at radius 2 is 1.74 bits per heavy atom. The second-order valence-corrected chi connectivity index (χ2v) is 5.35. The van der Waals surface area contributed by atoms with E-state index in [9.17, 15) is 4.39 Å². The highest BCUT2D eigenvalue weighted by molar-refractivity contribution is 5.23. The Kier molecular flexibility index (Phi) is 4.94. The molecule has 0 saturated carbocycles. The summed E-state index contributed by atoms with van der Waals surface area (Å²) in [6.07, 6.45) is 3.10. The first-order chi connectivity index (χ1) is 9.17. The van der Waals surface area contributed by atoms with Crippen molar-refractivity contribution in [3.05, 3.63) is 35.4 Å². The van der Waals surface area contributed by atoms with E-state index < -0.39 is 12.0 Å². The van der Waals surface area contributed by atoms with Crippen LogP contribution in [0, 0.1) is 0 Å². The Labute approximate surface area is 114 Å². The molecule has 0 aliphatic carbocycles.